The second-order valence-corrected chi connectivity index (χ2v) is 10.5. The fourth-order valence-electron chi connectivity index (χ4n) is 4.94. The Kier molecular flexibility index (Phi) is 6.27. The maximum Gasteiger partial charge on any atom is 0.282 e. The number of ether oxygens (including phenoxy) is 2. The van der Waals surface area contributed by atoms with Gasteiger partial charge in [-0.15, -0.1) is 0 Å². The molecule has 1 aliphatic carbocycles. The molecule has 0 aromatic carbocycles. The Balaban J connectivity index is 1.33. The van der Waals surface area contributed by atoms with E-state index in [0.717, 1.165) is 25.7 Å². The number of hydrogen-bond acceptors (Lipinski definition) is 5. The van der Waals surface area contributed by atoms with E-state index in [0.29, 0.717) is 45.7 Å². The lowest BCUT2D eigenvalue weighted by Gasteiger charge is -2.40. The summed E-state index contributed by atoms with van der Waals surface area (Å²) in [4.78, 5) is 12.7. The van der Waals surface area contributed by atoms with E-state index in [9.17, 15) is 13.2 Å². The van der Waals surface area contributed by atoms with Gasteiger partial charge in [-0.3, -0.25) is 4.79 Å². The van der Waals surface area contributed by atoms with Crippen LogP contribution in [0, 0.1) is 5.92 Å². The molecule has 1 atom stereocenters. The number of nitrogens with zero attached hydrogens (tertiary/aromatic N) is 2. The topological polar surface area (TPSA) is 88.2 Å². The van der Waals surface area contributed by atoms with Gasteiger partial charge in [0.25, 0.3) is 10.2 Å². The lowest BCUT2D eigenvalue weighted by molar-refractivity contribution is -0.179. The fourth-order valence-corrected chi connectivity index (χ4v) is 6.64. The average molecular weight is 416 g/mol. The van der Waals surface area contributed by atoms with Crippen molar-refractivity contribution < 1.29 is 22.7 Å². The van der Waals surface area contributed by atoms with Crippen LogP contribution in [0.25, 0.3) is 0 Å². The highest BCUT2D eigenvalue weighted by Gasteiger charge is 2.44. The Morgan fingerprint density at radius 3 is 2.25 bits per heavy atom. The smallest absolute Gasteiger partial charge is 0.282 e. The van der Waals surface area contributed by atoms with E-state index in [2.05, 4.69) is 5.32 Å². The highest BCUT2D eigenvalue weighted by molar-refractivity contribution is 7.86. The minimum Gasteiger partial charge on any atom is -0.353 e. The molecule has 8 nitrogen and oxygen atoms in total. The maximum atomic E-state index is 13.1. The van der Waals surface area contributed by atoms with Gasteiger partial charge in [0.05, 0.1) is 19.1 Å². The lowest BCUT2D eigenvalue weighted by atomic mass is 9.93. The zero-order valence-corrected chi connectivity index (χ0v) is 17.4. The van der Waals surface area contributed by atoms with Gasteiger partial charge in [0.1, 0.15) is 0 Å². The minimum absolute atomic E-state index is 0.0251. The van der Waals surface area contributed by atoms with E-state index in [1.54, 1.807) is 0 Å². The van der Waals surface area contributed by atoms with Crippen molar-refractivity contribution in [2.24, 2.45) is 5.92 Å². The molecule has 1 amide bonds. The van der Waals surface area contributed by atoms with E-state index in [4.69, 9.17) is 9.47 Å². The fraction of sp³-hybridized carbons (Fsp3) is 0.947. The molecule has 0 radical (unpaired) electrons. The summed E-state index contributed by atoms with van der Waals surface area (Å²) in [7, 11) is -3.56. The number of hydrogen-bond donors (Lipinski definition) is 1. The molecule has 4 rings (SSSR count). The molecule has 9 heteroatoms. The highest BCUT2D eigenvalue weighted by Crippen LogP contribution is 2.33. The first-order valence-corrected chi connectivity index (χ1v) is 12.2. The van der Waals surface area contributed by atoms with Gasteiger partial charge in [0, 0.05) is 45.1 Å². The Bertz CT molecular complexity index is 648. The Labute approximate surface area is 168 Å². The van der Waals surface area contributed by atoms with Crippen molar-refractivity contribution in [1.82, 2.24) is 13.9 Å². The predicted octanol–water partition coefficient (Wildman–Crippen LogP) is 1.23. The molecule has 0 aromatic heterocycles. The summed E-state index contributed by atoms with van der Waals surface area (Å²) >= 11 is 0. The Morgan fingerprint density at radius 1 is 0.893 bits per heavy atom. The highest BCUT2D eigenvalue weighted by atomic mass is 32.2. The molecule has 1 N–H and O–H groups in total. The zero-order chi connectivity index (χ0) is 19.6. The number of nitrogens with one attached hydrogen (secondary N) is 1. The molecular formula is C19H33N3O5S. The van der Waals surface area contributed by atoms with E-state index < -0.39 is 16.0 Å². The summed E-state index contributed by atoms with van der Waals surface area (Å²) < 4.78 is 40.7. The van der Waals surface area contributed by atoms with Gasteiger partial charge in [0.2, 0.25) is 5.91 Å². The van der Waals surface area contributed by atoms with Gasteiger partial charge < -0.3 is 14.8 Å². The third-order valence-electron chi connectivity index (χ3n) is 6.66. The standard InChI is InChI=1S/C19H33N3O5S/c23-18(20-17-6-2-1-3-7-17)16-5-4-10-22(15-16)28(24,25)21-11-8-19(9-12-21)26-13-14-27-19/h16-17H,1-15H2,(H,20,23)/t16-/m1/s1. The Morgan fingerprint density at radius 2 is 1.57 bits per heavy atom. The van der Waals surface area contributed by atoms with Crippen molar-refractivity contribution in [3.63, 3.8) is 0 Å². The SMILES string of the molecule is O=C(NC1CCCCC1)[C@@H]1CCCN(S(=O)(=O)N2CCC3(CC2)OCCO3)C1. The number of rotatable bonds is 4. The van der Waals surface area contributed by atoms with Crippen LogP contribution in [-0.4, -0.2) is 74.2 Å². The summed E-state index contributed by atoms with van der Waals surface area (Å²) in [5.74, 6) is -0.809. The second kappa shape index (κ2) is 8.55. The van der Waals surface area contributed by atoms with Crippen LogP contribution in [0.3, 0.4) is 0 Å². The first kappa shape index (κ1) is 20.5. The van der Waals surface area contributed by atoms with Crippen molar-refractivity contribution in [1.29, 1.82) is 0 Å². The first-order chi connectivity index (χ1) is 13.5. The summed E-state index contributed by atoms with van der Waals surface area (Å²) in [5, 5.41) is 3.17. The molecule has 0 unspecified atom stereocenters. The van der Waals surface area contributed by atoms with Crippen LogP contribution in [-0.2, 0) is 24.5 Å². The number of carbonyl (C=O) groups is 1. The van der Waals surface area contributed by atoms with Crippen LogP contribution < -0.4 is 5.32 Å². The van der Waals surface area contributed by atoms with E-state index >= 15 is 0 Å². The zero-order valence-electron chi connectivity index (χ0n) is 16.6. The van der Waals surface area contributed by atoms with E-state index in [1.807, 2.05) is 0 Å². The van der Waals surface area contributed by atoms with Crippen molar-refractivity contribution >= 4 is 16.1 Å². The van der Waals surface area contributed by atoms with E-state index in [-0.39, 0.29) is 24.4 Å². The number of piperidine rings is 2. The van der Waals surface area contributed by atoms with Crippen LogP contribution in [0.15, 0.2) is 0 Å². The van der Waals surface area contributed by atoms with Crippen LogP contribution in [0.1, 0.15) is 57.8 Å². The average Bonchev–Trinajstić information content (AvgIpc) is 3.17. The molecule has 4 aliphatic rings. The molecule has 0 bridgehead atoms. The molecule has 3 aliphatic heterocycles. The number of carbonyl (C=O) groups excluding carboxylic acids is 1. The largest absolute Gasteiger partial charge is 0.353 e. The predicted molar refractivity (Wildman–Crippen MR) is 104 cm³/mol. The molecule has 1 spiro atoms. The van der Waals surface area contributed by atoms with Gasteiger partial charge in [-0.2, -0.15) is 17.0 Å². The molecule has 160 valence electrons. The van der Waals surface area contributed by atoms with Crippen LogP contribution in [0.5, 0.6) is 0 Å². The summed E-state index contributed by atoms with van der Waals surface area (Å²) in [5.41, 5.74) is 0. The molecular weight excluding hydrogens is 382 g/mol. The molecule has 3 heterocycles. The van der Waals surface area contributed by atoms with Crippen LogP contribution in [0.4, 0.5) is 0 Å². The first-order valence-electron chi connectivity index (χ1n) is 10.8. The van der Waals surface area contributed by atoms with Crippen molar-refractivity contribution in [3.05, 3.63) is 0 Å². The third-order valence-corrected chi connectivity index (χ3v) is 8.66. The third kappa shape index (κ3) is 4.38. The van der Waals surface area contributed by atoms with E-state index in [1.165, 1.54) is 27.9 Å². The minimum atomic E-state index is -3.56. The maximum absolute atomic E-state index is 13.1. The van der Waals surface area contributed by atoms with Crippen molar-refractivity contribution in [2.45, 2.75) is 69.6 Å². The Hall–Kier alpha value is -0.740. The van der Waals surface area contributed by atoms with Crippen LogP contribution >= 0.6 is 0 Å². The quantitative estimate of drug-likeness (QED) is 0.746. The summed E-state index contributed by atoms with van der Waals surface area (Å²) in [6.45, 7) is 2.74. The summed E-state index contributed by atoms with van der Waals surface area (Å²) in [6, 6.07) is 0.262. The van der Waals surface area contributed by atoms with Gasteiger partial charge in [-0.25, -0.2) is 0 Å². The summed E-state index contributed by atoms with van der Waals surface area (Å²) in [6.07, 6.45) is 8.27. The molecule has 1 saturated carbocycles. The molecule has 28 heavy (non-hydrogen) atoms. The van der Waals surface area contributed by atoms with Gasteiger partial charge in [-0.1, -0.05) is 19.3 Å². The molecule has 4 fully saturated rings. The van der Waals surface area contributed by atoms with Gasteiger partial charge in [0.15, 0.2) is 5.79 Å². The van der Waals surface area contributed by atoms with Crippen molar-refractivity contribution in [3.8, 4) is 0 Å². The monoisotopic (exact) mass is 415 g/mol. The number of amides is 1. The second-order valence-electron chi connectivity index (χ2n) is 8.56. The van der Waals surface area contributed by atoms with Gasteiger partial charge >= 0.3 is 0 Å². The van der Waals surface area contributed by atoms with Gasteiger partial charge in [-0.05, 0) is 25.7 Å². The van der Waals surface area contributed by atoms with Crippen molar-refractivity contribution in [2.75, 3.05) is 39.4 Å². The molecule has 3 saturated heterocycles. The molecule has 0 aromatic rings. The lowest BCUT2D eigenvalue weighted by Crippen LogP contribution is -2.55. The normalized spacial score (nSPS) is 30.5. The van der Waals surface area contributed by atoms with Crippen LogP contribution in [0.2, 0.25) is 0 Å².